The standard InChI is InChI=1S/C41H36N2O4/c1-2-46-39(44)38(42-37(33-23-11-5-12-24-33)34-25-13-6-14-26-34)41(47-29-17-22-31-18-7-3-8-19-31)35-27-15-16-28-36(35)43(40(41)45)30-32-20-9-4-10-21-32/h3-16,18-21,23-28,37-38,42H,2,29-30H2,1H3/t38?,41-/m0/s1. The van der Waals surface area contributed by atoms with E-state index < -0.39 is 23.7 Å². The van der Waals surface area contributed by atoms with Crippen LogP contribution in [0.1, 0.15) is 40.8 Å². The third-order valence-corrected chi connectivity index (χ3v) is 8.25. The van der Waals surface area contributed by atoms with E-state index in [0.29, 0.717) is 17.8 Å². The average molecular weight is 621 g/mol. The molecule has 1 aliphatic heterocycles. The predicted octanol–water partition coefficient (Wildman–Crippen LogP) is 6.81. The fourth-order valence-electron chi connectivity index (χ4n) is 6.10. The topological polar surface area (TPSA) is 67.9 Å². The first-order chi connectivity index (χ1) is 23.1. The number of hydrogen-bond donors (Lipinski definition) is 1. The Labute approximate surface area is 276 Å². The Hall–Kier alpha value is -5.48. The highest BCUT2D eigenvalue weighted by Gasteiger charge is 2.60. The molecule has 1 heterocycles. The van der Waals surface area contributed by atoms with Crippen LogP contribution in [0, 0.1) is 11.8 Å². The minimum atomic E-state index is -1.79. The smallest absolute Gasteiger partial charge is 0.327 e. The Kier molecular flexibility index (Phi) is 9.88. The zero-order valence-electron chi connectivity index (χ0n) is 26.2. The maximum Gasteiger partial charge on any atom is 0.327 e. The molecule has 0 fully saturated rings. The van der Waals surface area contributed by atoms with Crippen LogP contribution in [0.15, 0.2) is 146 Å². The second kappa shape index (κ2) is 14.7. The van der Waals surface area contributed by atoms with Gasteiger partial charge in [0.25, 0.3) is 5.91 Å². The fraction of sp³-hybridized carbons (Fsp3) is 0.171. The second-order valence-corrected chi connectivity index (χ2v) is 11.2. The molecule has 5 aromatic rings. The van der Waals surface area contributed by atoms with Gasteiger partial charge in [-0.2, -0.15) is 0 Å². The van der Waals surface area contributed by atoms with Crippen molar-refractivity contribution in [3.8, 4) is 11.8 Å². The van der Waals surface area contributed by atoms with Crippen LogP contribution < -0.4 is 10.2 Å². The van der Waals surface area contributed by atoms with Gasteiger partial charge in [0.15, 0.2) is 0 Å². The summed E-state index contributed by atoms with van der Waals surface area (Å²) in [6, 6.07) is 44.9. The summed E-state index contributed by atoms with van der Waals surface area (Å²) in [4.78, 5) is 31.0. The van der Waals surface area contributed by atoms with E-state index in [9.17, 15) is 4.79 Å². The molecule has 0 bridgehead atoms. The summed E-state index contributed by atoms with van der Waals surface area (Å²) in [5.74, 6) is 5.26. The molecular weight excluding hydrogens is 584 g/mol. The number of rotatable bonds is 11. The summed E-state index contributed by atoms with van der Waals surface area (Å²) in [6.45, 7) is 2.08. The molecule has 6 nitrogen and oxygen atoms in total. The number of hydrogen-bond acceptors (Lipinski definition) is 5. The molecule has 1 unspecified atom stereocenters. The molecule has 1 N–H and O–H groups in total. The number of para-hydroxylation sites is 1. The highest BCUT2D eigenvalue weighted by molar-refractivity contribution is 6.10. The summed E-state index contributed by atoms with van der Waals surface area (Å²) in [5.41, 5.74) is 3.07. The number of fused-ring (bicyclic) bond motifs is 1. The quantitative estimate of drug-likeness (QED) is 0.130. The van der Waals surface area contributed by atoms with Crippen LogP contribution in [0.5, 0.6) is 0 Å². The van der Waals surface area contributed by atoms with Crippen LogP contribution in [0.2, 0.25) is 0 Å². The van der Waals surface area contributed by atoms with Gasteiger partial charge in [0.2, 0.25) is 5.60 Å². The number of anilines is 1. The van der Waals surface area contributed by atoms with Gasteiger partial charge in [-0.1, -0.05) is 139 Å². The van der Waals surface area contributed by atoms with Gasteiger partial charge in [0.05, 0.1) is 24.9 Å². The van der Waals surface area contributed by atoms with E-state index in [4.69, 9.17) is 9.47 Å². The molecule has 6 heteroatoms. The fourth-order valence-corrected chi connectivity index (χ4v) is 6.10. The van der Waals surface area contributed by atoms with E-state index in [0.717, 1.165) is 22.3 Å². The molecule has 47 heavy (non-hydrogen) atoms. The molecule has 0 radical (unpaired) electrons. The third kappa shape index (κ3) is 6.73. The van der Waals surface area contributed by atoms with Crippen molar-refractivity contribution < 1.29 is 19.1 Å². The summed E-state index contributed by atoms with van der Waals surface area (Å²) in [6.07, 6.45) is 0. The van der Waals surface area contributed by atoms with Gasteiger partial charge in [-0.15, -0.1) is 0 Å². The molecule has 5 aromatic carbocycles. The van der Waals surface area contributed by atoms with E-state index >= 15 is 4.79 Å². The second-order valence-electron chi connectivity index (χ2n) is 11.2. The minimum Gasteiger partial charge on any atom is -0.465 e. The van der Waals surface area contributed by atoms with Crippen LogP contribution in [0.3, 0.4) is 0 Å². The number of esters is 1. The Morgan fingerprint density at radius 3 is 1.94 bits per heavy atom. The zero-order chi connectivity index (χ0) is 32.5. The van der Waals surface area contributed by atoms with Crippen LogP contribution in [-0.4, -0.2) is 31.1 Å². The molecule has 1 aliphatic rings. The first-order valence-corrected chi connectivity index (χ1v) is 15.8. The number of carbonyl (C=O) groups is 2. The Bertz CT molecular complexity index is 1810. The highest BCUT2D eigenvalue weighted by Crippen LogP contribution is 2.47. The van der Waals surface area contributed by atoms with Gasteiger partial charge < -0.3 is 14.4 Å². The van der Waals surface area contributed by atoms with Crippen molar-refractivity contribution in [1.29, 1.82) is 0 Å². The zero-order valence-corrected chi connectivity index (χ0v) is 26.2. The van der Waals surface area contributed by atoms with Crippen molar-refractivity contribution in [3.05, 3.63) is 173 Å². The number of carbonyl (C=O) groups excluding carboxylic acids is 2. The highest BCUT2D eigenvalue weighted by atomic mass is 16.5. The molecule has 234 valence electrons. The molecule has 1 amide bonds. The van der Waals surface area contributed by atoms with Crippen molar-refractivity contribution in [3.63, 3.8) is 0 Å². The van der Waals surface area contributed by atoms with Crippen LogP contribution in [0.4, 0.5) is 5.69 Å². The van der Waals surface area contributed by atoms with Gasteiger partial charge >= 0.3 is 5.97 Å². The minimum absolute atomic E-state index is 0.104. The Balaban J connectivity index is 1.50. The van der Waals surface area contributed by atoms with Gasteiger partial charge in [0, 0.05) is 11.1 Å². The molecule has 0 saturated heterocycles. The van der Waals surface area contributed by atoms with Crippen molar-refractivity contribution in [2.75, 3.05) is 18.1 Å². The number of nitrogens with one attached hydrogen (secondary N) is 1. The maximum absolute atomic E-state index is 15.1. The molecule has 0 saturated carbocycles. The van der Waals surface area contributed by atoms with Crippen LogP contribution >= 0.6 is 0 Å². The average Bonchev–Trinajstić information content (AvgIpc) is 3.35. The maximum atomic E-state index is 15.1. The van der Waals surface area contributed by atoms with Gasteiger partial charge in [-0.25, -0.2) is 0 Å². The third-order valence-electron chi connectivity index (χ3n) is 8.25. The largest absolute Gasteiger partial charge is 0.465 e. The lowest BCUT2D eigenvalue weighted by Crippen LogP contribution is -2.60. The molecule has 6 rings (SSSR count). The van der Waals surface area contributed by atoms with E-state index in [2.05, 4.69) is 17.2 Å². The lowest BCUT2D eigenvalue weighted by atomic mass is 9.85. The summed E-state index contributed by atoms with van der Waals surface area (Å²) in [5, 5.41) is 3.57. The van der Waals surface area contributed by atoms with Crippen LogP contribution in [0.25, 0.3) is 0 Å². The summed E-state index contributed by atoms with van der Waals surface area (Å²) >= 11 is 0. The molecule has 0 aliphatic carbocycles. The lowest BCUT2D eigenvalue weighted by Gasteiger charge is -2.37. The van der Waals surface area contributed by atoms with E-state index in [1.807, 2.05) is 146 Å². The van der Waals surface area contributed by atoms with Crippen molar-refractivity contribution in [1.82, 2.24) is 5.32 Å². The van der Waals surface area contributed by atoms with Crippen LogP contribution in [-0.2, 0) is 31.2 Å². The molecule has 0 aromatic heterocycles. The van der Waals surface area contributed by atoms with E-state index in [1.54, 1.807) is 11.8 Å². The SMILES string of the molecule is CCOC(=O)C(NC(c1ccccc1)c1ccccc1)[C@]1(OCC#Cc2ccccc2)C(=O)N(Cc2ccccc2)c2ccccc21. The predicted molar refractivity (Wildman–Crippen MR) is 183 cm³/mol. The van der Waals surface area contributed by atoms with Gasteiger partial charge in [-0.3, -0.25) is 14.9 Å². The number of nitrogens with zero attached hydrogens (tertiary/aromatic N) is 1. The Morgan fingerprint density at radius 1 is 0.766 bits per heavy atom. The molecule has 0 spiro atoms. The number of benzene rings is 5. The van der Waals surface area contributed by atoms with E-state index in [-0.39, 0.29) is 19.1 Å². The van der Waals surface area contributed by atoms with Gasteiger partial charge in [-0.05, 0) is 41.8 Å². The normalized spacial score (nSPS) is 15.9. The number of ether oxygens (including phenoxy) is 2. The lowest BCUT2D eigenvalue weighted by molar-refractivity contribution is -0.165. The number of amides is 1. The first-order valence-electron chi connectivity index (χ1n) is 15.8. The molecule has 2 atom stereocenters. The van der Waals surface area contributed by atoms with Crippen molar-refractivity contribution in [2.24, 2.45) is 0 Å². The summed E-state index contributed by atoms with van der Waals surface area (Å²) in [7, 11) is 0. The van der Waals surface area contributed by atoms with E-state index in [1.165, 1.54) is 0 Å². The Morgan fingerprint density at radius 2 is 1.32 bits per heavy atom. The van der Waals surface area contributed by atoms with Gasteiger partial charge in [0.1, 0.15) is 12.6 Å². The first kappa shape index (κ1) is 31.5. The van der Waals surface area contributed by atoms with Crippen molar-refractivity contribution >= 4 is 17.6 Å². The summed E-state index contributed by atoms with van der Waals surface area (Å²) < 4.78 is 12.4. The molecular formula is C41H36N2O4. The monoisotopic (exact) mass is 620 g/mol. The van der Waals surface area contributed by atoms with Crippen molar-refractivity contribution in [2.45, 2.75) is 31.2 Å².